The molecule has 0 aliphatic carbocycles. The Balaban J connectivity index is 0.884. The molecule has 4 heterocycles. The summed E-state index contributed by atoms with van der Waals surface area (Å²) in [6, 6.07) is 23.0. The fourth-order valence-electron chi connectivity index (χ4n) is 10.3. The zero-order chi connectivity index (χ0) is 54.6. The maximum absolute atomic E-state index is 14.5. The van der Waals surface area contributed by atoms with Gasteiger partial charge in [-0.25, -0.2) is 4.79 Å². The van der Waals surface area contributed by atoms with Gasteiger partial charge < -0.3 is 46.5 Å². The number of fused-ring (bicyclic) bond motifs is 4. The van der Waals surface area contributed by atoms with E-state index in [4.69, 9.17) is 27.8 Å². The number of nitrogens with zero attached hydrogens (tertiary/aromatic N) is 4. The number of Topliss-reactive ketones (excluding diaryl/α,β-unsaturated/α-hetero) is 2. The number of rotatable bonds is 25. The highest BCUT2D eigenvalue weighted by Crippen LogP contribution is 2.46. The van der Waals surface area contributed by atoms with Crippen molar-refractivity contribution in [2.45, 2.75) is 76.2 Å². The van der Waals surface area contributed by atoms with E-state index in [-0.39, 0.29) is 61.1 Å². The maximum atomic E-state index is 14.5. The minimum absolute atomic E-state index is 0.0341. The topological polar surface area (TPSA) is 251 Å². The molecule has 0 radical (unpaired) electrons. The number of piperazine rings is 1. The fourth-order valence-corrected chi connectivity index (χ4v) is 10.6. The van der Waals surface area contributed by atoms with Gasteiger partial charge in [0.15, 0.2) is 11.6 Å². The first kappa shape index (κ1) is 56.0. The summed E-state index contributed by atoms with van der Waals surface area (Å²) in [5.74, 6) is -2.35. The number of hydrogen-bond acceptors (Lipinski definition) is 12. The van der Waals surface area contributed by atoms with Crippen molar-refractivity contribution in [2.75, 3.05) is 76.7 Å². The molecule has 0 spiro atoms. The number of likely N-dealkylation sites (N-methyl/N-ethyl adjacent to an activating group) is 1. The van der Waals surface area contributed by atoms with E-state index in [1.54, 1.807) is 46.2 Å². The number of ether oxygens (including phenoxy) is 1. The lowest BCUT2D eigenvalue weighted by atomic mass is 9.93. The molecular formula is C58H68ClN9O9. The van der Waals surface area contributed by atoms with Gasteiger partial charge >= 0.3 is 6.09 Å². The Kier molecular flexibility index (Phi) is 19.0. The summed E-state index contributed by atoms with van der Waals surface area (Å²) in [5, 5.41) is 8.13. The van der Waals surface area contributed by atoms with Crippen LogP contribution in [0.5, 0.6) is 5.75 Å². The number of ketones is 2. The molecule has 0 saturated carbocycles. The van der Waals surface area contributed by atoms with E-state index in [2.05, 4.69) is 20.5 Å². The lowest BCUT2D eigenvalue weighted by molar-refractivity contribution is -0.141. The number of aromatic nitrogens is 1. The number of unbranched alkanes of at least 4 members (excludes halogenated alkanes) is 2. The summed E-state index contributed by atoms with van der Waals surface area (Å²) in [5.41, 5.74) is 16.1. The van der Waals surface area contributed by atoms with Gasteiger partial charge in [0.1, 0.15) is 18.0 Å². The van der Waals surface area contributed by atoms with Crippen LogP contribution in [0.15, 0.2) is 91.0 Å². The number of nitrogens with two attached hydrogens (primary N) is 2. The van der Waals surface area contributed by atoms with Crippen molar-refractivity contribution >= 4 is 86.2 Å². The minimum Gasteiger partial charge on any atom is -0.409 e. The molecule has 77 heavy (non-hydrogen) atoms. The van der Waals surface area contributed by atoms with Crippen LogP contribution in [0.1, 0.15) is 94.8 Å². The molecule has 1 saturated heterocycles. The van der Waals surface area contributed by atoms with Gasteiger partial charge in [0, 0.05) is 110 Å². The highest BCUT2D eigenvalue weighted by Gasteiger charge is 2.37. The zero-order valence-corrected chi connectivity index (χ0v) is 44.3. The lowest BCUT2D eigenvalue weighted by Crippen LogP contribution is -2.48. The predicted octanol–water partition coefficient (Wildman–Crippen LogP) is 5.77. The molecule has 1 aromatic heterocycles. The second kappa shape index (κ2) is 26.2. The van der Waals surface area contributed by atoms with E-state index in [0.29, 0.717) is 106 Å². The second-order valence-electron chi connectivity index (χ2n) is 20.2. The summed E-state index contributed by atoms with van der Waals surface area (Å²) in [6.07, 6.45) is 6.50. The Morgan fingerprint density at radius 2 is 1.45 bits per heavy atom. The number of H-pyrrole nitrogens is 1. The Morgan fingerprint density at radius 1 is 0.779 bits per heavy atom. The SMILES string of the molecule is CN1CCN(C(=O)Oc2cc3c(c4ccccc24)[C@H](CCl)CN3C(=O)c2cc3cc(CC(=O)c4ccc(CC(=O)[C@H](CCCCN)NC(=O)[C@H](CCCCN)CCCNC(=O)CN5C(=O)C=CC5=O)cc4)ccc3[nH]2)CC1. The predicted molar refractivity (Wildman–Crippen MR) is 295 cm³/mol. The average Bonchev–Trinajstić information content (AvgIpc) is 4.13. The van der Waals surface area contributed by atoms with Crippen LogP contribution in [0, 0.1) is 5.92 Å². The third-order valence-electron chi connectivity index (χ3n) is 14.7. The number of aromatic amines is 1. The van der Waals surface area contributed by atoms with Crippen LogP contribution in [-0.4, -0.2) is 145 Å². The molecule has 19 heteroatoms. The van der Waals surface area contributed by atoms with Crippen molar-refractivity contribution in [1.82, 2.24) is 30.3 Å². The zero-order valence-electron chi connectivity index (χ0n) is 43.5. The van der Waals surface area contributed by atoms with Gasteiger partial charge in [-0.05, 0) is 105 Å². The Hall–Kier alpha value is -7.25. The number of carbonyl (C=O) groups excluding carboxylic acids is 8. The number of benzene rings is 4. The van der Waals surface area contributed by atoms with E-state index in [1.165, 1.54) is 0 Å². The Bertz CT molecular complexity index is 3020. The number of hydrogen-bond donors (Lipinski definition) is 5. The third kappa shape index (κ3) is 13.8. The van der Waals surface area contributed by atoms with E-state index >= 15 is 0 Å². The molecule has 3 aliphatic heterocycles. The molecule has 8 rings (SSSR count). The van der Waals surface area contributed by atoms with Crippen molar-refractivity contribution in [3.8, 4) is 5.75 Å². The largest absolute Gasteiger partial charge is 0.415 e. The van der Waals surface area contributed by atoms with Crippen molar-refractivity contribution < 1.29 is 43.1 Å². The van der Waals surface area contributed by atoms with Crippen molar-refractivity contribution in [2.24, 2.45) is 17.4 Å². The number of carbonyl (C=O) groups is 8. The summed E-state index contributed by atoms with van der Waals surface area (Å²) in [6.45, 7) is 3.70. The number of amides is 6. The van der Waals surface area contributed by atoms with Crippen LogP contribution < -0.4 is 31.7 Å². The Morgan fingerprint density at radius 3 is 2.16 bits per heavy atom. The van der Waals surface area contributed by atoms with Gasteiger partial charge in [-0.2, -0.15) is 0 Å². The van der Waals surface area contributed by atoms with Gasteiger partial charge in [-0.15, -0.1) is 11.6 Å². The standard InChI is InChI=1S/C58H68ClN9O9/c1-65-25-27-66(28-26-65)58(76)77-51-33-48-55(44-12-3-2-11-43(44)51)42(34-59)35-67(48)57(75)47-32-41-29-38(16-19-45(41)63-47)31-49(69)39-17-14-37(15-18-39)30-50(70)46(13-5-7-23-61)64-56(74)40(9-4-6-22-60)10-8-24-62-52(71)36-68-53(72)20-21-54(68)73/h2-3,11-12,14-21,29,32-33,40,42,46,63H,4-10,13,22-28,30-31,34-36,60-61H2,1H3,(H,62,71)(H,64,74)/t40-,42-,46+/m1/s1. The number of halogens is 1. The molecular weight excluding hydrogens is 1000 g/mol. The van der Waals surface area contributed by atoms with Crippen molar-refractivity contribution in [3.63, 3.8) is 0 Å². The summed E-state index contributed by atoms with van der Waals surface area (Å²) in [4.78, 5) is 115. The molecule has 18 nitrogen and oxygen atoms in total. The van der Waals surface area contributed by atoms with Crippen LogP contribution >= 0.6 is 11.6 Å². The normalized spacial score (nSPS) is 16.3. The molecule has 3 aliphatic rings. The van der Waals surface area contributed by atoms with Crippen LogP contribution in [0.3, 0.4) is 0 Å². The third-order valence-corrected chi connectivity index (χ3v) is 15.1. The summed E-state index contributed by atoms with van der Waals surface area (Å²) in [7, 11) is 2.02. The molecule has 6 amide bonds. The van der Waals surface area contributed by atoms with Crippen LogP contribution in [0.4, 0.5) is 10.5 Å². The number of imide groups is 1. The molecule has 0 unspecified atom stereocenters. The molecule has 3 atom stereocenters. The van der Waals surface area contributed by atoms with Gasteiger partial charge in [0.25, 0.3) is 17.7 Å². The van der Waals surface area contributed by atoms with E-state index in [0.717, 1.165) is 69.4 Å². The number of nitrogens with one attached hydrogen (secondary N) is 3. The maximum Gasteiger partial charge on any atom is 0.415 e. The van der Waals surface area contributed by atoms with Crippen LogP contribution in [0.25, 0.3) is 21.7 Å². The first-order valence-electron chi connectivity index (χ1n) is 26.6. The van der Waals surface area contributed by atoms with Crippen molar-refractivity contribution in [3.05, 3.63) is 119 Å². The molecule has 4 aromatic carbocycles. The molecule has 7 N–H and O–H groups in total. The summed E-state index contributed by atoms with van der Waals surface area (Å²) >= 11 is 6.57. The minimum atomic E-state index is -0.763. The summed E-state index contributed by atoms with van der Waals surface area (Å²) < 4.78 is 6.07. The van der Waals surface area contributed by atoms with Gasteiger partial charge in [-0.3, -0.25) is 38.5 Å². The smallest absolute Gasteiger partial charge is 0.409 e. The quantitative estimate of drug-likeness (QED) is 0.0202. The molecule has 5 aromatic rings. The molecule has 1 fully saturated rings. The Labute approximate surface area is 452 Å². The number of anilines is 1. The monoisotopic (exact) mass is 1070 g/mol. The van der Waals surface area contributed by atoms with Gasteiger partial charge in [-0.1, -0.05) is 61.0 Å². The fraction of sp³-hybridized carbons (Fsp3) is 0.414. The highest BCUT2D eigenvalue weighted by molar-refractivity contribution is 6.19. The van der Waals surface area contributed by atoms with Crippen LogP contribution in [-0.2, 0) is 36.8 Å². The molecule has 406 valence electrons. The van der Waals surface area contributed by atoms with Crippen LogP contribution in [0.2, 0.25) is 0 Å². The first-order valence-corrected chi connectivity index (χ1v) is 27.1. The van der Waals surface area contributed by atoms with Gasteiger partial charge in [0.05, 0.1) is 11.7 Å². The number of alkyl halides is 1. The first-order chi connectivity index (χ1) is 37.2. The lowest BCUT2D eigenvalue weighted by Gasteiger charge is -2.31. The van der Waals surface area contributed by atoms with Gasteiger partial charge in [0.2, 0.25) is 11.8 Å². The second-order valence-corrected chi connectivity index (χ2v) is 20.5. The molecule has 0 bridgehead atoms. The van der Waals surface area contributed by atoms with E-state index < -0.39 is 35.8 Å². The van der Waals surface area contributed by atoms with Crippen molar-refractivity contribution in [1.29, 1.82) is 0 Å². The van der Waals surface area contributed by atoms with E-state index in [1.807, 2.05) is 49.5 Å². The average molecular weight is 1070 g/mol. The van der Waals surface area contributed by atoms with E-state index in [9.17, 15) is 38.4 Å². The highest BCUT2D eigenvalue weighted by atomic mass is 35.5.